The van der Waals surface area contributed by atoms with E-state index in [1.807, 2.05) is 0 Å². The molecular formula is C26H34O. The quantitative estimate of drug-likeness (QED) is 0.537. The largest absolute Gasteiger partial charge is 0.489 e. The van der Waals surface area contributed by atoms with Gasteiger partial charge in [-0.2, -0.15) is 0 Å². The van der Waals surface area contributed by atoms with E-state index in [1.54, 1.807) is 5.57 Å². The highest BCUT2D eigenvalue weighted by Crippen LogP contribution is 2.59. The second-order valence-corrected chi connectivity index (χ2v) is 10.8. The number of allylic oxidation sites excluding steroid dienone is 3. The van der Waals surface area contributed by atoms with Crippen molar-refractivity contribution in [3.63, 3.8) is 0 Å². The van der Waals surface area contributed by atoms with Gasteiger partial charge in [0.1, 0.15) is 12.4 Å². The van der Waals surface area contributed by atoms with Crippen molar-refractivity contribution in [2.45, 2.75) is 59.8 Å². The van der Waals surface area contributed by atoms with Crippen LogP contribution in [0.5, 0.6) is 5.75 Å². The van der Waals surface area contributed by atoms with Crippen LogP contribution in [0.2, 0.25) is 0 Å². The molecule has 7 rings (SSSR count). The summed E-state index contributed by atoms with van der Waals surface area (Å²) in [6, 6.07) is 8.71. The van der Waals surface area contributed by atoms with Crippen LogP contribution in [0.4, 0.5) is 0 Å². The van der Waals surface area contributed by atoms with Crippen LogP contribution in [0.1, 0.15) is 58.9 Å². The Bertz CT molecular complexity index is 809. The summed E-state index contributed by atoms with van der Waals surface area (Å²) in [5, 5.41) is 0. The lowest BCUT2D eigenvalue weighted by Crippen LogP contribution is -2.48. The van der Waals surface area contributed by atoms with Crippen LogP contribution in [0.3, 0.4) is 0 Å². The van der Waals surface area contributed by atoms with Gasteiger partial charge in [-0.15, -0.1) is 0 Å². The molecule has 0 aliphatic heterocycles. The SMILES string of the molecule is CC1(C)C2C=C(Cc3ccccc3OCC3=CCC4CC3C4(C)C)CC1C2. The average molecular weight is 363 g/mol. The Morgan fingerprint density at radius 3 is 2.48 bits per heavy atom. The summed E-state index contributed by atoms with van der Waals surface area (Å²) >= 11 is 0. The highest BCUT2D eigenvalue weighted by Gasteiger charge is 2.51. The maximum Gasteiger partial charge on any atom is 0.123 e. The molecule has 6 aliphatic rings. The van der Waals surface area contributed by atoms with Gasteiger partial charge in [0.05, 0.1) is 0 Å². The highest BCUT2D eigenvalue weighted by molar-refractivity contribution is 5.38. The molecule has 0 spiro atoms. The molecule has 0 amide bonds. The Morgan fingerprint density at radius 2 is 1.81 bits per heavy atom. The minimum atomic E-state index is 0.480. The van der Waals surface area contributed by atoms with Crippen molar-refractivity contribution in [2.75, 3.05) is 6.61 Å². The number of fused-ring (bicyclic) bond motifs is 2. The van der Waals surface area contributed by atoms with Gasteiger partial charge in [0.2, 0.25) is 0 Å². The molecule has 4 atom stereocenters. The van der Waals surface area contributed by atoms with Crippen LogP contribution in [0.15, 0.2) is 47.6 Å². The lowest BCUT2D eigenvalue weighted by molar-refractivity contribution is -0.0115. The molecule has 1 aromatic rings. The van der Waals surface area contributed by atoms with Crippen molar-refractivity contribution in [3.8, 4) is 5.75 Å². The molecule has 4 unspecified atom stereocenters. The number of para-hydroxylation sites is 1. The summed E-state index contributed by atoms with van der Waals surface area (Å²) in [5.74, 6) is 4.40. The van der Waals surface area contributed by atoms with Crippen molar-refractivity contribution in [1.29, 1.82) is 0 Å². The van der Waals surface area contributed by atoms with E-state index in [4.69, 9.17) is 4.74 Å². The van der Waals surface area contributed by atoms with E-state index in [0.717, 1.165) is 42.4 Å². The van der Waals surface area contributed by atoms with E-state index in [0.29, 0.717) is 10.8 Å². The minimum Gasteiger partial charge on any atom is -0.489 e. The van der Waals surface area contributed by atoms with Gasteiger partial charge in [0, 0.05) is 0 Å². The molecular weight excluding hydrogens is 328 g/mol. The molecule has 0 saturated heterocycles. The van der Waals surface area contributed by atoms with Crippen molar-refractivity contribution in [2.24, 2.45) is 34.5 Å². The molecule has 6 aliphatic carbocycles. The van der Waals surface area contributed by atoms with E-state index in [2.05, 4.69) is 64.1 Å². The van der Waals surface area contributed by atoms with E-state index in [9.17, 15) is 0 Å². The van der Waals surface area contributed by atoms with E-state index in [1.165, 1.54) is 36.8 Å². The Hall–Kier alpha value is -1.50. The van der Waals surface area contributed by atoms with Crippen LogP contribution < -0.4 is 4.74 Å². The summed E-state index contributed by atoms with van der Waals surface area (Å²) in [6.45, 7) is 10.5. The smallest absolute Gasteiger partial charge is 0.123 e. The van der Waals surface area contributed by atoms with Crippen molar-refractivity contribution < 1.29 is 4.74 Å². The first kappa shape index (κ1) is 17.6. The number of hydrogen-bond acceptors (Lipinski definition) is 1. The van der Waals surface area contributed by atoms with Crippen LogP contribution in [0.25, 0.3) is 0 Å². The molecule has 0 N–H and O–H groups in total. The standard InChI is InChI=1S/C26H34O/c1-25(2)21-12-17(13-22(25)14-21)11-18-7-5-6-8-24(18)27-16-19-9-10-20-15-23(19)26(20,3)4/h5-9,12,20-23H,10-11,13-16H2,1-4H3. The second kappa shape index (κ2) is 6.00. The Morgan fingerprint density at radius 1 is 1.00 bits per heavy atom. The molecule has 2 saturated carbocycles. The van der Waals surface area contributed by atoms with Crippen LogP contribution in [0, 0.1) is 34.5 Å². The summed E-state index contributed by atoms with van der Waals surface area (Å²) in [6.07, 6.45) is 11.4. The normalized spacial score (nSPS) is 34.7. The monoisotopic (exact) mass is 362 g/mol. The fraction of sp³-hybridized carbons (Fsp3) is 0.615. The van der Waals surface area contributed by atoms with Crippen molar-refractivity contribution >= 4 is 0 Å². The Labute approximate surface area is 164 Å². The van der Waals surface area contributed by atoms with Gasteiger partial charge in [0.25, 0.3) is 0 Å². The minimum absolute atomic E-state index is 0.480. The van der Waals surface area contributed by atoms with Crippen LogP contribution in [-0.4, -0.2) is 6.61 Å². The molecule has 1 aromatic carbocycles. The fourth-order valence-corrected chi connectivity index (χ4v) is 6.32. The van der Waals surface area contributed by atoms with Gasteiger partial charge in [-0.3, -0.25) is 0 Å². The predicted molar refractivity (Wildman–Crippen MR) is 112 cm³/mol. The van der Waals surface area contributed by atoms with Gasteiger partial charge in [-0.05, 0) is 83.8 Å². The zero-order chi connectivity index (χ0) is 18.8. The lowest BCUT2D eigenvalue weighted by Gasteiger charge is -2.56. The van der Waals surface area contributed by atoms with E-state index >= 15 is 0 Å². The molecule has 0 heterocycles. The first-order valence-corrected chi connectivity index (χ1v) is 10.9. The fourth-order valence-electron chi connectivity index (χ4n) is 6.32. The zero-order valence-electron chi connectivity index (χ0n) is 17.4. The highest BCUT2D eigenvalue weighted by atomic mass is 16.5. The van der Waals surface area contributed by atoms with Gasteiger partial charge >= 0.3 is 0 Å². The van der Waals surface area contributed by atoms with E-state index < -0.39 is 0 Å². The number of rotatable bonds is 5. The number of benzene rings is 1. The molecule has 1 heteroatoms. The zero-order valence-corrected chi connectivity index (χ0v) is 17.4. The Kier molecular flexibility index (Phi) is 3.91. The average Bonchev–Trinajstić information content (AvgIpc) is 2.67. The van der Waals surface area contributed by atoms with Gasteiger partial charge in [-0.25, -0.2) is 0 Å². The van der Waals surface area contributed by atoms with Crippen LogP contribution in [-0.2, 0) is 6.42 Å². The molecule has 0 aromatic heterocycles. The van der Waals surface area contributed by atoms with Crippen molar-refractivity contribution in [1.82, 2.24) is 0 Å². The molecule has 2 fully saturated rings. The number of hydrogen-bond donors (Lipinski definition) is 0. The second-order valence-electron chi connectivity index (χ2n) is 10.8. The molecule has 27 heavy (non-hydrogen) atoms. The maximum absolute atomic E-state index is 6.39. The number of ether oxygens (including phenoxy) is 1. The summed E-state index contributed by atoms with van der Waals surface area (Å²) in [5.41, 5.74) is 5.54. The van der Waals surface area contributed by atoms with Crippen LogP contribution >= 0.6 is 0 Å². The third kappa shape index (κ3) is 2.72. The predicted octanol–water partition coefficient (Wildman–Crippen LogP) is 6.59. The molecule has 0 radical (unpaired) electrons. The molecule has 1 nitrogen and oxygen atoms in total. The lowest BCUT2D eigenvalue weighted by atomic mass is 9.49. The van der Waals surface area contributed by atoms with Gasteiger partial charge in [-0.1, -0.05) is 63.6 Å². The summed E-state index contributed by atoms with van der Waals surface area (Å²) in [4.78, 5) is 0. The maximum atomic E-state index is 6.39. The topological polar surface area (TPSA) is 9.23 Å². The molecule has 4 bridgehead atoms. The third-order valence-corrected chi connectivity index (χ3v) is 8.86. The van der Waals surface area contributed by atoms with Gasteiger partial charge < -0.3 is 4.74 Å². The third-order valence-electron chi connectivity index (χ3n) is 8.86. The molecule has 144 valence electrons. The van der Waals surface area contributed by atoms with Gasteiger partial charge in [0.15, 0.2) is 0 Å². The first-order chi connectivity index (χ1) is 12.9. The summed E-state index contributed by atoms with van der Waals surface area (Å²) in [7, 11) is 0. The van der Waals surface area contributed by atoms with E-state index in [-0.39, 0.29) is 0 Å². The first-order valence-electron chi connectivity index (χ1n) is 10.9. The summed E-state index contributed by atoms with van der Waals surface area (Å²) < 4.78 is 6.39. The Balaban J connectivity index is 1.28. The van der Waals surface area contributed by atoms with Crippen molar-refractivity contribution in [3.05, 3.63) is 53.1 Å².